The van der Waals surface area contributed by atoms with Crippen LogP contribution >= 0.6 is 0 Å². The molecule has 0 atom stereocenters. The molecule has 1 fully saturated rings. The minimum Gasteiger partial charge on any atom is -0.490 e. The number of ether oxygens (including phenoxy) is 2. The molecule has 0 amide bonds. The monoisotopic (exact) mass is 341 g/mol. The van der Waals surface area contributed by atoms with Crippen molar-refractivity contribution in [1.82, 2.24) is 9.88 Å². The van der Waals surface area contributed by atoms with Gasteiger partial charge >= 0.3 is 0 Å². The highest BCUT2D eigenvalue weighted by Gasteiger charge is 2.10. The Morgan fingerprint density at radius 2 is 1.96 bits per heavy atom. The van der Waals surface area contributed by atoms with Gasteiger partial charge in [0.15, 0.2) is 0 Å². The Balaban J connectivity index is 1.58. The molecule has 5 heteroatoms. The van der Waals surface area contributed by atoms with E-state index in [9.17, 15) is 0 Å². The smallest absolute Gasteiger partial charge is 0.127 e. The van der Waals surface area contributed by atoms with Crippen molar-refractivity contribution in [2.45, 2.75) is 20.0 Å². The number of aromatic nitrogens is 1. The lowest BCUT2D eigenvalue weighted by molar-refractivity contribution is 0.0398. The predicted octanol–water partition coefficient (Wildman–Crippen LogP) is 3.28. The van der Waals surface area contributed by atoms with Gasteiger partial charge in [0.25, 0.3) is 0 Å². The van der Waals surface area contributed by atoms with E-state index in [0.717, 1.165) is 62.1 Å². The average Bonchev–Trinajstić information content (AvgIpc) is 2.63. The van der Waals surface area contributed by atoms with Crippen LogP contribution in [-0.2, 0) is 4.74 Å². The molecule has 1 aromatic heterocycles. The van der Waals surface area contributed by atoms with Crippen LogP contribution in [0.2, 0.25) is 0 Å². The number of morpholine rings is 1. The second-order valence-corrected chi connectivity index (χ2v) is 6.48. The van der Waals surface area contributed by atoms with Gasteiger partial charge in [-0.25, -0.2) is 4.98 Å². The first-order chi connectivity index (χ1) is 12.2. The predicted molar refractivity (Wildman–Crippen MR) is 101 cm³/mol. The summed E-state index contributed by atoms with van der Waals surface area (Å²) in [6.45, 7) is 9.68. The highest BCUT2D eigenvalue weighted by atomic mass is 16.5. The van der Waals surface area contributed by atoms with Crippen molar-refractivity contribution in [3.05, 3.63) is 42.6 Å². The third-order valence-corrected chi connectivity index (χ3v) is 4.16. The van der Waals surface area contributed by atoms with E-state index < -0.39 is 0 Å². The number of nitrogens with one attached hydrogen (secondary N) is 1. The van der Waals surface area contributed by atoms with Crippen molar-refractivity contribution in [3.8, 4) is 16.9 Å². The van der Waals surface area contributed by atoms with Gasteiger partial charge in [-0.05, 0) is 32.0 Å². The highest BCUT2D eigenvalue weighted by molar-refractivity contribution is 5.70. The molecule has 134 valence electrons. The van der Waals surface area contributed by atoms with Crippen LogP contribution in [0.15, 0.2) is 42.6 Å². The fourth-order valence-electron chi connectivity index (χ4n) is 2.89. The van der Waals surface area contributed by atoms with Crippen molar-refractivity contribution < 1.29 is 9.47 Å². The van der Waals surface area contributed by atoms with E-state index in [2.05, 4.69) is 27.3 Å². The maximum absolute atomic E-state index is 5.90. The van der Waals surface area contributed by atoms with Crippen LogP contribution in [0.1, 0.15) is 13.8 Å². The molecular formula is C20H27N3O2. The molecular weight excluding hydrogens is 314 g/mol. The molecule has 0 spiro atoms. The van der Waals surface area contributed by atoms with E-state index in [-0.39, 0.29) is 6.10 Å². The summed E-state index contributed by atoms with van der Waals surface area (Å²) in [6, 6.07) is 12.2. The van der Waals surface area contributed by atoms with Gasteiger partial charge in [0.05, 0.1) is 19.3 Å². The highest BCUT2D eigenvalue weighted by Crippen LogP contribution is 2.30. The maximum Gasteiger partial charge on any atom is 0.127 e. The summed E-state index contributed by atoms with van der Waals surface area (Å²) < 4.78 is 11.3. The molecule has 0 radical (unpaired) electrons. The third-order valence-electron chi connectivity index (χ3n) is 4.16. The molecule has 5 nitrogen and oxygen atoms in total. The molecule has 1 saturated heterocycles. The molecule has 0 bridgehead atoms. The van der Waals surface area contributed by atoms with Crippen molar-refractivity contribution in [2.75, 3.05) is 44.7 Å². The van der Waals surface area contributed by atoms with Crippen molar-refractivity contribution in [3.63, 3.8) is 0 Å². The second-order valence-electron chi connectivity index (χ2n) is 6.48. The number of anilines is 1. The minimum absolute atomic E-state index is 0.148. The molecule has 0 unspecified atom stereocenters. The van der Waals surface area contributed by atoms with Gasteiger partial charge in [0.1, 0.15) is 11.6 Å². The molecule has 3 rings (SSSR count). The molecule has 0 saturated carbocycles. The normalized spacial score (nSPS) is 15.3. The Morgan fingerprint density at radius 1 is 1.16 bits per heavy atom. The number of benzene rings is 1. The number of hydrogen-bond donors (Lipinski definition) is 1. The van der Waals surface area contributed by atoms with Gasteiger partial charge in [-0.15, -0.1) is 0 Å². The van der Waals surface area contributed by atoms with Crippen LogP contribution in [0, 0.1) is 0 Å². The number of rotatable bonds is 7. The fourth-order valence-corrected chi connectivity index (χ4v) is 2.89. The first-order valence-corrected chi connectivity index (χ1v) is 8.98. The van der Waals surface area contributed by atoms with Crippen molar-refractivity contribution >= 4 is 5.82 Å². The van der Waals surface area contributed by atoms with Crippen LogP contribution in [0.3, 0.4) is 0 Å². The van der Waals surface area contributed by atoms with Gasteiger partial charge in [0.2, 0.25) is 0 Å². The van der Waals surface area contributed by atoms with Crippen LogP contribution in [0.4, 0.5) is 5.82 Å². The van der Waals surface area contributed by atoms with Gasteiger partial charge in [-0.1, -0.05) is 18.2 Å². The van der Waals surface area contributed by atoms with Crippen LogP contribution in [0.25, 0.3) is 11.1 Å². The molecule has 0 aliphatic carbocycles. The summed E-state index contributed by atoms with van der Waals surface area (Å²) in [4.78, 5) is 6.96. The molecule has 25 heavy (non-hydrogen) atoms. The van der Waals surface area contributed by atoms with Crippen LogP contribution in [0.5, 0.6) is 5.75 Å². The van der Waals surface area contributed by atoms with E-state index in [0.29, 0.717) is 0 Å². The molecule has 1 aliphatic rings. The SMILES string of the molecule is CC(C)Oc1ccccc1-c1ccc(NCCN2CCOCC2)nc1. The largest absolute Gasteiger partial charge is 0.490 e. The molecule has 2 heterocycles. The summed E-state index contributed by atoms with van der Waals surface area (Å²) in [5.41, 5.74) is 2.14. The minimum atomic E-state index is 0.148. The summed E-state index contributed by atoms with van der Waals surface area (Å²) in [5, 5.41) is 3.39. The Kier molecular flexibility index (Phi) is 6.25. The standard InChI is InChI=1S/C20H27N3O2/c1-16(2)25-19-6-4-3-5-18(19)17-7-8-20(22-15-17)21-9-10-23-11-13-24-14-12-23/h3-8,15-16H,9-14H2,1-2H3,(H,21,22). The van der Waals surface area contributed by atoms with E-state index in [4.69, 9.17) is 9.47 Å². The zero-order chi connectivity index (χ0) is 17.5. The van der Waals surface area contributed by atoms with Gasteiger partial charge in [-0.2, -0.15) is 0 Å². The Labute approximate surface area is 150 Å². The zero-order valence-electron chi connectivity index (χ0n) is 15.1. The zero-order valence-corrected chi connectivity index (χ0v) is 15.1. The quantitative estimate of drug-likeness (QED) is 0.837. The lowest BCUT2D eigenvalue weighted by Crippen LogP contribution is -2.39. The van der Waals surface area contributed by atoms with Crippen molar-refractivity contribution in [1.29, 1.82) is 0 Å². The van der Waals surface area contributed by atoms with Gasteiger partial charge < -0.3 is 14.8 Å². The maximum atomic E-state index is 5.90. The average molecular weight is 341 g/mol. The lowest BCUT2D eigenvalue weighted by atomic mass is 10.1. The number of hydrogen-bond acceptors (Lipinski definition) is 5. The first kappa shape index (κ1) is 17.7. The van der Waals surface area contributed by atoms with Gasteiger partial charge in [0, 0.05) is 43.5 Å². The molecule has 1 aliphatic heterocycles. The Hall–Kier alpha value is -2.11. The fraction of sp³-hybridized carbons (Fsp3) is 0.450. The van der Waals surface area contributed by atoms with E-state index in [1.54, 1.807) is 0 Å². The second kappa shape index (κ2) is 8.83. The molecule has 1 aromatic carbocycles. The number of nitrogens with zero attached hydrogens (tertiary/aromatic N) is 2. The first-order valence-electron chi connectivity index (χ1n) is 8.98. The lowest BCUT2D eigenvalue weighted by Gasteiger charge is -2.26. The molecule has 1 N–H and O–H groups in total. The van der Waals surface area contributed by atoms with E-state index in [1.165, 1.54) is 0 Å². The van der Waals surface area contributed by atoms with E-state index >= 15 is 0 Å². The number of pyridine rings is 1. The Bertz CT molecular complexity index is 652. The summed E-state index contributed by atoms with van der Waals surface area (Å²) in [6.07, 6.45) is 2.05. The van der Waals surface area contributed by atoms with Crippen molar-refractivity contribution in [2.24, 2.45) is 0 Å². The molecule has 2 aromatic rings. The third kappa shape index (κ3) is 5.18. The summed E-state index contributed by atoms with van der Waals surface area (Å²) >= 11 is 0. The van der Waals surface area contributed by atoms with E-state index in [1.807, 2.05) is 44.3 Å². The Morgan fingerprint density at radius 3 is 2.68 bits per heavy atom. The van der Waals surface area contributed by atoms with Crippen LogP contribution < -0.4 is 10.1 Å². The van der Waals surface area contributed by atoms with Gasteiger partial charge in [-0.3, -0.25) is 4.90 Å². The summed E-state index contributed by atoms with van der Waals surface area (Å²) in [7, 11) is 0. The van der Waals surface area contributed by atoms with Crippen LogP contribution in [-0.4, -0.2) is 55.4 Å². The summed E-state index contributed by atoms with van der Waals surface area (Å²) in [5.74, 6) is 1.80. The topological polar surface area (TPSA) is 46.6 Å². The number of para-hydroxylation sites is 1.